The van der Waals surface area contributed by atoms with Gasteiger partial charge in [0.15, 0.2) is 5.65 Å². The Kier molecular flexibility index (Phi) is 7.91. The predicted molar refractivity (Wildman–Crippen MR) is 121 cm³/mol. The van der Waals surface area contributed by atoms with Gasteiger partial charge in [-0.1, -0.05) is 25.1 Å². The Morgan fingerprint density at radius 1 is 1.12 bits per heavy atom. The molecule has 0 atom stereocenters. The van der Waals surface area contributed by atoms with Gasteiger partial charge in [-0.2, -0.15) is 4.98 Å². The summed E-state index contributed by atoms with van der Waals surface area (Å²) in [4.78, 5) is 30.8. The largest absolute Gasteiger partial charge is 0.400 e. The first-order chi connectivity index (χ1) is 15.6. The Hall–Kier alpha value is -3.30. The van der Waals surface area contributed by atoms with Gasteiger partial charge >= 0.3 is 0 Å². The average Bonchev–Trinajstić information content (AvgIpc) is 3.60. The van der Waals surface area contributed by atoms with Crippen molar-refractivity contribution in [3.63, 3.8) is 0 Å². The molecule has 0 radical (unpaired) electrons. The SMILES string of the molecule is CCCN(CCO)C(=O)c1ccc(-c2cccc3nc(NC(=O)C4CC4)nn23)cc1.CO. The van der Waals surface area contributed by atoms with Gasteiger partial charge in [-0.3, -0.25) is 14.9 Å². The molecule has 1 saturated carbocycles. The molecule has 1 aromatic carbocycles. The van der Waals surface area contributed by atoms with Crippen molar-refractivity contribution < 1.29 is 19.8 Å². The number of nitrogens with zero attached hydrogens (tertiary/aromatic N) is 4. The number of hydrogen-bond acceptors (Lipinski definition) is 6. The molecular weight excluding hydrogens is 410 g/mol. The molecule has 1 aliphatic carbocycles. The zero-order valence-electron chi connectivity index (χ0n) is 18.4. The fourth-order valence-corrected chi connectivity index (χ4v) is 3.41. The van der Waals surface area contributed by atoms with Crippen molar-refractivity contribution in [2.24, 2.45) is 5.92 Å². The van der Waals surface area contributed by atoms with Crippen LogP contribution in [0.4, 0.5) is 5.95 Å². The van der Waals surface area contributed by atoms with Crippen molar-refractivity contribution >= 4 is 23.4 Å². The topological polar surface area (TPSA) is 120 Å². The van der Waals surface area contributed by atoms with E-state index in [1.54, 1.807) is 21.5 Å². The maximum Gasteiger partial charge on any atom is 0.253 e. The van der Waals surface area contributed by atoms with Crippen LogP contribution in [0, 0.1) is 5.92 Å². The van der Waals surface area contributed by atoms with Crippen LogP contribution >= 0.6 is 0 Å². The highest BCUT2D eigenvalue weighted by molar-refractivity contribution is 5.95. The lowest BCUT2D eigenvalue weighted by Crippen LogP contribution is -2.34. The summed E-state index contributed by atoms with van der Waals surface area (Å²) in [5, 5.41) is 23.4. The summed E-state index contributed by atoms with van der Waals surface area (Å²) >= 11 is 0. The maximum absolute atomic E-state index is 12.7. The fourth-order valence-electron chi connectivity index (χ4n) is 3.41. The minimum absolute atomic E-state index is 0.0326. The molecule has 0 aliphatic heterocycles. The Labute approximate surface area is 186 Å². The van der Waals surface area contributed by atoms with Gasteiger partial charge in [0, 0.05) is 37.2 Å². The van der Waals surface area contributed by atoms with Gasteiger partial charge in [0.2, 0.25) is 11.9 Å². The lowest BCUT2D eigenvalue weighted by molar-refractivity contribution is -0.117. The number of amides is 2. The Balaban J connectivity index is 0.00000141. The second-order valence-corrected chi connectivity index (χ2v) is 7.47. The van der Waals surface area contributed by atoms with E-state index in [1.807, 2.05) is 37.3 Å². The molecule has 2 amide bonds. The van der Waals surface area contributed by atoms with Gasteiger partial charge in [-0.25, -0.2) is 4.52 Å². The van der Waals surface area contributed by atoms with Gasteiger partial charge in [0.1, 0.15) is 0 Å². The van der Waals surface area contributed by atoms with Crippen LogP contribution in [0.3, 0.4) is 0 Å². The highest BCUT2D eigenvalue weighted by Gasteiger charge is 2.30. The van der Waals surface area contributed by atoms with Crippen molar-refractivity contribution in [2.75, 3.05) is 32.1 Å². The molecule has 4 rings (SSSR count). The predicted octanol–water partition coefficient (Wildman–Crippen LogP) is 2.20. The van der Waals surface area contributed by atoms with Gasteiger partial charge in [0.05, 0.1) is 12.3 Å². The number of carbonyl (C=O) groups is 2. The Morgan fingerprint density at radius 3 is 2.47 bits per heavy atom. The quantitative estimate of drug-likeness (QED) is 0.495. The van der Waals surface area contributed by atoms with Crippen LogP contribution in [0.1, 0.15) is 36.5 Å². The van der Waals surface area contributed by atoms with Gasteiger partial charge < -0.3 is 15.1 Å². The number of aromatic nitrogens is 3. The van der Waals surface area contributed by atoms with Gasteiger partial charge in [0.25, 0.3) is 5.91 Å². The number of benzene rings is 1. The normalized spacial score (nSPS) is 12.8. The summed E-state index contributed by atoms with van der Waals surface area (Å²) in [6, 6.07) is 12.9. The van der Waals surface area contributed by atoms with Crippen LogP contribution in [0.25, 0.3) is 16.9 Å². The number of fused-ring (bicyclic) bond motifs is 1. The highest BCUT2D eigenvalue weighted by atomic mass is 16.3. The summed E-state index contributed by atoms with van der Waals surface area (Å²) in [6.45, 7) is 2.87. The summed E-state index contributed by atoms with van der Waals surface area (Å²) in [5.74, 6) is 0.251. The number of aliphatic hydroxyl groups excluding tert-OH is 2. The Bertz CT molecular complexity index is 1050. The van der Waals surface area contributed by atoms with Crippen LogP contribution in [0.2, 0.25) is 0 Å². The number of hydrogen-bond donors (Lipinski definition) is 3. The molecule has 32 heavy (non-hydrogen) atoms. The fraction of sp³-hybridized carbons (Fsp3) is 0.391. The van der Waals surface area contributed by atoms with Crippen molar-refractivity contribution in [1.29, 1.82) is 0 Å². The minimum atomic E-state index is -0.0958. The molecule has 0 unspecified atom stereocenters. The molecule has 1 fully saturated rings. The molecule has 9 heteroatoms. The first-order valence-corrected chi connectivity index (χ1v) is 10.7. The van der Waals surface area contributed by atoms with Crippen LogP contribution in [-0.4, -0.2) is 68.3 Å². The first-order valence-electron chi connectivity index (χ1n) is 10.7. The third-order valence-corrected chi connectivity index (χ3v) is 5.12. The van der Waals surface area contributed by atoms with E-state index in [9.17, 15) is 14.7 Å². The number of rotatable bonds is 8. The van der Waals surface area contributed by atoms with Crippen LogP contribution in [0.5, 0.6) is 0 Å². The first kappa shape index (κ1) is 23.4. The monoisotopic (exact) mass is 439 g/mol. The molecule has 2 heterocycles. The van der Waals surface area contributed by atoms with Crippen LogP contribution in [0.15, 0.2) is 42.5 Å². The zero-order chi connectivity index (χ0) is 23.1. The number of anilines is 1. The van der Waals surface area contributed by atoms with E-state index in [4.69, 9.17) is 5.11 Å². The third kappa shape index (κ3) is 5.30. The summed E-state index contributed by atoms with van der Waals surface area (Å²) < 4.78 is 1.69. The van der Waals surface area contributed by atoms with Gasteiger partial charge in [-0.15, -0.1) is 5.10 Å². The van der Waals surface area contributed by atoms with Gasteiger partial charge in [-0.05, 0) is 43.5 Å². The molecule has 3 aromatic rings. The minimum Gasteiger partial charge on any atom is -0.400 e. The van der Waals surface area contributed by atoms with Crippen molar-refractivity contribution in [3.05, 3.63) is 48.0 Å². The maximum atomic E-state index is 12.7. The molecular formula is C23H29N5O4. The van der Waals surface area contributed by atoms with E-state index in [-0.39, 0.29) is 24.3 Å². The smallest absolute Gasteiger partial charge is 0.253 e. The summed E-state index contributed by atoms with van der Waals surface area (Å²) in [7, 11) is 1.00. The van der Waals surface area contributed by atoms with E-state index < -0.39 is 0 Å². The average molecular weight is 440 g/mol. The second-order valence-electron chi connectivity index (χ2n) is 7.47. The molecule has 0 saturated heterocycles. The van der Waals surface area contributed by atoms with Crippen LogP contribution in [-0.2, 0) is 4.79 Å². The lowest BCUT2D eigenvalue weighted by atomic mass is 10.1. The van der Waals surface area contributed by atoms with Crippen LogP contribution < -0.4 is 5.32 Å². The second kappa shape index (κ2) is 10.8. The van der Waals surface area contributed by atoms with Crippen molar-refractivity contribution in [1.82, 2.24) is 19.5 Å². The van der Waals surface area contributed by atoms with E-state index in [1.165, 1.54) is 0 Å². The molecule has 0 spiro atoms. The van der Waals surface area contributed by atoms with E-state index >= 15 is 0 Å². The molecule has 9 nitrogen and oxygen atoms in total. The Morgan fingerprint density at radius 2 is 1.84 bits per heavy atom. The third-order valence-electron chi connectivity index (χ3n) is 5.12. The standard InChI is InChI=1S/C22H25N5O3.CH4O/c1-2-12-26(13-14-28)21(30)17-10-6-15(7-11-17)18-4-3-5-19-23-22(25-27(18)19)24-20(29)16-8-9-16;1-2/h3-7,10-11,16,28H,2,8-9,12-14H2,1H3,(H,24,25,29);2H,1H3. The summed E-state index contributed by atoms with van der Waals surface area (Å²) in [5.41, 5.74) is 2.90. The summed E-state index contributed by atoms with van der Waals surface area (Å²) in [6.07, 6.45) is 2.67. The van der Waals surface area contributed by atoms with E-state index in [0.717, 1.165) is 37.6 Å². The van der Waals surface area contributed by atoms with E-state index in [0.29, 0.717) is 30.2 Å². The molecule has 170 valence electrons. The molecule has 2 aromatic heterocycles. The molecule has 1 aliphatic rings. The molecule has 3 N–H and O–H groups in total. The number of nitrogens with one attached hydrogen (secondary N) is 1. The molecule has 0 bridgehead atoms. The number of carbonyl (C=O) groups excluding carboxylic acids is 2. The lowest BCUT2D eigenvalue weighted by Gasteiger charge is -2.21. The highest BCUT2D eigenvalue weighted by Crippen LogP contribution is 2.30. The van der Waals surface area contributed by atoms with E-state index in [2.05, 4.69) is 15.4 Å². The van der Waals surface area contributed by atoms with Crippen molar-refractivity contribution in [2.45, 2.75) is 26.2 Å². The number of aliphatic hydroxyl groups is 2. The number of pyridine rings is 1. The zero-order valence-corrected chi connectivity index (χ0v) is 18.4. The van der Waals surface area contributed by atoms with Crippen molar-refractivity contribution in [3.8, 4) is 11.3 Å².